The predicted molar refractivity (Wildman–Crippen MR) is 91.2 cm³/mol. The molecule has 0 saturated carbocycles. The zero-order valence-corrected chi connectivity index (χ0v) is 13.9. The van der Waals surface area contributed by atoms with E-state index < -0.39 is 0 Å². The summed E-state index contributed by atoms with van der Waals surface area (Å²) < 4.78 is 3.41. The molecule has 0 spiro atoms. The van der Waals surface area contributed by atoms with Crippen LogP contribution in [0, 0.1) is 0 Å². The Kier molecular flexibility index (Phi) is 4.90. The van der Waals surface area contributed by atoms with Gasteiger partial charge in [0.25, 0.3) is 0 Å². The summed E-state index contributed by atoms with van der Waals surface area (Å²) in [5.74, 6) is -0.0918. The Morgan fingerprint density at radius 3 is 2.96 bits per heavy atom. The van der Waals surface area contributed by atoms with Crippen LogP contribution < -0.4 is 5.32 Å². The number of benzene rings is 1. The molecule has 8 heteroatoms. The van der Waals surface area contributed by atoms with Crippen molar-refractivity contribution in [3.05, 3.63) is 53.6 Å². The van der Waals surface area contributed by atoms with Crippen LogP contribution in [0.3, 0.4) is 0 Å². The lowest BCUT2D eigenvalue weighted by Gasteiger charge is -2.09. The molecule has 0 radical (unpaired) electrons. The summed E-state index contributed by atoms with van der Waals surface area (Å²) in [6, 6.07) is 7.44. The Bertz CT molecular complexity index is 827. The third-order valence-electron chi connectivity index (χ3n) is 3.57. The molecule has 0 aliphatic carbocycles. The number of carbonyl (C=O) groups is 1. The summed E-state index contributed by atoms with van der Waals surface area (Å²) in [7, 11) is 0. The number of aromatic nitrogens is 5. The topological polar surface area (TPSA) is 77.6 Å². The van der Waals surface area contributed by atoms with E-state index in [1.165, 1.54) is 0 Å². The fourth-order valence-electron chi connectivity index (χ4n) is 2.43. The van der Waals surface area contributed by atoms with Crippen LogP contribution in [0.2, 0.25) is 5.02 Å². The Morgan fingerprint density at radius 2 is 2.25 bits per heavy atom. The van der Waals surface area contributed by atoms with E-state index in [2.05, 4.69) is 20.7 Å². The van der Waals surface area contributed by atoms with E-state index in [0.29, 0.717) is 23.7 Å². The average Bonchev–Trinajstić information content (AvgIpc) is 3.22. The molecule has 7 nitrogen and oxygen atoms in total. The molecule has 2 aromatic heterocycles. The van der Waals surface area contributed by atoms with Crippen LogP contribution in [0.4, 0.5) is 5.69 Å². The molecule has 0 fully saturated rings. The number of hydrogen-bond acceptors (Lipinski definition) is 4. The standard InChI is InChI=1S/C16H17ClN6O/c1-2-15-14(20-16(24)6-8-22-9-7-18-21-22)11-19-23(15)13-5-3-4-12(17)10-13/h3-5,7,9-11H,2,6,8H2,1H3,(H,20,24). The highest BCUT2D eigenvalue weighted by Gasteiger charge is 2.13. The molecule has 3 aromatic rings. The molecule has 3 rings (SSSR count). The summed E-state index contributed by atoms with van der Waals surface area (Å²) in [6.45, 7) is 2.50. The van der Waals surface area contributed by atoms with Gasteiger partial charge in [0.2, 0.25) is 5.91 Å². The van der Waals surface area contributed by atoms with Crippen molar-refractivity contribution in [1.82, 2.24) is 24.8 Å². The molecule has 1 N–H and O–H groups in total. The van der Waals surface area contributed by atoms with E-state index in [9.17, 15) is 4.79 Å². The number of nitrogens with one attached hydrogen (secondary N) is 1. The zero-order valence-electron chi connectivity index (χ0n) is 13.2. The van der Waals surface area contributed by atoms with Gasteiger partial charge in [0, 0.05) is 17.6 Å². The molecule has 0 atom stereocenters. The summed E-state index contributed by atoms with van der Waals surface area (Å²) in [4.78, 5) is 12.1. The zero-order chi connectivity index (χ0) is 16.9. The molecule has 124 valence electrons. The highest BCUT2D eigenvalue weighted by atomic mass is 35.5. The highest BCUT2D eigenvalue weighted by molar-refractivity contribution is 6.30. The van der Waals surface area contributed by atoms with Crippen molar-refractivity contribution in [2.45, 2.75) is 26.3 Å². The largest absolute Gasteiger partial charge is 0.323 e. The van der Waals surface area contributed by atoms with Gasteiger partial charge < -0.3 is 5.32 Å². The highest BCUT2D eigenvalue weighted by Crippen LogP contribution is 2.22. The third kappa shape index (κ3) is 3.62. The average molecular weight is 345 g/mol. The summed E-state index contributed by atoms with van der Waals surface area (Å²) in [6.07, 6.45) is 6.01. The number of rotatable bonds is 6. The van der Waals surface area contributed by atoms with Gasteiger partial charge in [-0.15, -0.1) is 5.10 Å². The molecule has 0 bridgehead atoms. The van der Waals surface area contributed by atoms with Gasteiger partial charge in [0.05, 0.1) is 36.0 Å². The summed E-state index contributed by atoms with van der Waals surface area (Å²) in [5, 5.41) is 15.5. The Hall–Kier alpha value is -2.67. The van der Waals surface area contributed by atoms with Gasteiger partial charge in [-0.05, 0) is 24.6 Å². The van der Waals surface area contributed by atoms with Crippen molar-refractivity contribution in [3.63, 3.8) is 0 Å². The lowest BCUT2D eigenvalue weighted by atomic mass is 10.2. The van der Waals surface area contributed by atoms with Gasteiger partial charge in [-0.1, -0.05) is 29.8 Å². The normalized spacial score (nSPS) is 10.8. The van der Waals surface area contributed by atoms with E-state index in [1.54, 1.807) is 28.0 Å². The SMILES string of the molecule is CCc1c(NC(=O)CCn2ccnn2)cnn1-c1cccc(Cl)c1. The minimum Gasteiger partial charge on any atom is -0.323 e. The summed E-state index contributed by atoms with van der Waals surface area (Å²) in [5.41, 5.74) is 2.50. The third-order valence-corrected chi connectivity index (χ3v) is 3.81. The maximum Gasteiger partial charge on any atom is 0.226 e. The second kappa shape index (κ2) is 7.27. The fraction of sp³-hybridized carbons (Fsp3) is 0.250. The number of aryl methyl sites for hydroxylation is 1. The number of halogens is 1. The quantitative estimate of drug-likeness (QED) is 0.745. The number of carbonyl (C=O) groups excluding carboxylic acids is 1. The first-order valence-corrected chi connectivity index (χ1v) is 8.02. The molecule has 0 aliphatic heterocycles. The van der Waals surface area contributed by atoms with Crippen molar-refractivity contribution < 1.29 is 4.79 Å². The van der Waals surface area contributed by atoms with E-state index in [0.717, 1.165) is 17.8 Å². The van der Waals surface area contributed by atoms with Gasteiger partial charge in [-0.25, -0.2) is 4.68 Å². The Balaban J connectivity index is 1.73. The molecule has 0 saturated heterocycles. The van der Waals surface area contributed by atoms with Crippen LogP contribution in [-0.4, -0.2) is 30.7 Å². The van der Waals surface area contributed by atoms with Gasteiger partial charge >= 0.3 is 0 Å². The Labute approximate surface area is 144 Å². The first-order valence-electron chi connectivity index (χ1n) is 7.64. The van der Waals surface area contributed by atoms with E-state index in [-0.39, 0.29) is 5.91 Å². The van der Waals surface area contributed by atoms with Gasteiger partial charge in [0.1, 0.15) is 0 Å². The molecule has 24 heavy (non-hydrogen) atoms. The van der Waals surface area contributed by atoms with Crippen molar-refractivity contribution in [2.75, 3.05) is 5.32 Å². The van der Waals surface area contributed by atoms with Crippen LogP contribution in [-0.2, 0) is 17.8 Å². The number of nitrogens with zero attached hydrogens (tertiary/aromatic N) is 5. The number of amides is 1. The molecule has 1 amide bonds. The van der Waals surface area contributed by atoms with E-state index in [1.807, 2.05) is 31.2 Å². The molecule has 1 aromatic carbocycles. The monoisotopic (exact) mass is 344 g/mol. The summed E-state index contributed by atoms with van der Waals surface area (Å²) >= 11 is 6.05. The number of hydrogen-bond donors (Lipinski definition) is 1. The molecule has 0 unspecified atom stereocenters. The second-order valence-corrected chi connectivity index (χ2v) is 5.65. The van der Waals surface area contributed by atoms with Crippen LogP contribution in [0.1, 0.15) is 19.0 Å². The maximum absolute atomic E-state index is 12.1. The molecule has 2 heterocycles. The van der Waals surface area contributed by atoms with Gasteiger partial charge in [0.15, 0.2) is 0 Å². The predicted octanol–water partition coefficient (Wildman–Crippen LogP) is 2.71. The van der Waals surface area contributed by atoms with Crippen LogP contribution in [0.5, 0.6) is 0 Å². The minimum atomic E-state index is -0.0918. The molecular formula is C16H17ClN6O. The van der Waals surface area contributed by atoms with Crippen molar-refractivity contribution in [2.24, 2.45) is 0 Å². The van der Waals surface area contributed by atoms with Crippen molar-refractivity contribution in [1.29, 1.82) is 0 Å². The molecule has 0 aliphatic rings. The Morgan fingerprint density at radius 1 is 1.38 bits per heavy atom. The fourth-order valence-corrected chi connectivity index (χ4v) is 2.61. The van der Waals surface area contributed by atoms with Crippen molar-refractivity contribution >= 4 is 23.2 Å². The number of anilines is 1. The minimum absolute atomic E-state index is 0.0918. The lowest BCUT2D eigenvalue weighted by Crippen LogP contribution is -2.15. The first kappa shape index (κ1) is 16.2. The van der Waals surface area contributed by atoms with Crippen molar-refractivity contribution in [3.8, 4) is 5.69 Å². The smallest absolute Gasteiger partial charge is 0.226 e. The van der Waals surface area contributed by atoms with Crippen LogP contribution in [0.15, 0.2) is 42.9 Å². The lowest BCUT2D eigenvalue weighted by molar-refractivity contribution is -0.116. The van der Waals surface area contributed by atoms with Crippen LogP contribution >= 0.6 is 11.6 Å². The van der Waals surface area contributed by atoms with Gasteiger partial charge in [-0.2, -0.15) is 5.10 Å². The van der Waals surface area contributed by atoms with Gasteiger partial charge in [-0.3, -0.25) is 9.48 Å². The second-order valence-electron chi connectivity index (χ2n) is 5.21. The van der Waals surface area contributed by atoms with E-state index >= 15 is 0 Å². The first-order chi connectivity index (χ1) is 11.7. The maximum atomic E-state index is 12.1. The molecular weight excluding hydrogens is 328 g/mol. The van der Waals surface area contributed by atoms with E-state index in [4.69, 9.17) is 11.6 Å². The van der Waals surface area contributed by atoms with Crippen LogP contribution in [0.25, 0.3) is 5.69 Å².